The molecule has 7 heteroatoms. The zero-order chi connectivity index (χ0) is 16.0. The fraction of sp³-hybridized carbons (Fsp3) is 0.429. The second-order valence-corrected chi connectivity index (χ2v) is 4.45. The molecular formula is C14H17FO6. The third kappa shape index (κ3) is 5.13. The molecule has 0 amide bonds. The highest BCUT2D eigenvalue weighted by Gasteiger charge is 2.25. The molecule has 0 spiro atoms. The molecule has 2 atom stereocenters. The molecule has 0 aromatic heterocycles. The maximum Gasteiger partial charge on any atom is 0.308 e. The molecule has 3 N–H and O–H groups in total. The summed E-state index contributed by atoms with van der Waals surface area (Å²) in [5, 5.41) is 28.3. The Morgan fingerprint density at radius 3 is 2.57 bits per heavy atom. The van der Waals surface area contributed by atoms with Gasteiger partial charge in [0, 0.05) is 5.56 Å². The second kappa shape index (κ2) is 7.70. The molecular weight excluding hydrogens is 283 g/mol. The van der Waals surface area contributed by atoms with E-state index in [1.54, 1.807) is 6.92 Å². The quantitative estimate of drug-likeness (QED) is 0.643. The van der Waals surface area contributed by atoms with Crippen LogP contribution in [-0.2, 0) is 20.7 Å². The fourth-order valence-corrected chi connectivity index (χ4v) is 1.81. The van der Waals surface area contributed by atoms with Crippen LogP contribution in [-0.4, -0.2) is 40.0 Å². The third-order valence-corrected chi connectivity index (χ3v) is 2.78. The van der Waals surface area contributed by atoms with Gasteiger partial charge in [-0.1, -0.05) is 6.07 Å². The van der Waals surface area contributed by atoms with Crippen LogP contribution in [0, 0.1) is 5.82 Å². The Morgan fingerprint density at radius 2 is 2.00 bits per heavy atom. The molecule has 1 rings (SSSR count). The minimum Gasteiger partial charge on any atom is -0.481 e. The molecule has 0 saturated carbocycles. The largest absolute Gasteiger partial charge is 0.481 e. The van der Waals surface area contributed by atoms with Crippen molar-refractivity contribution in [1.29, 1.82) is 0 Å². The van der Waals surface area contributed by atoms with Gasteiger partial charge in [-0.15, -0.1) is 0 Å². The highest BCUT2D eigenvalue weighted by atomic mass is 19.1. The van der Waals surface area contributed by atoms with Gasteiger partial charge in [-0.3, -0.25) is 9.59 Å². The average Bonchev–Trinajstić information content (AvgIpc) is 2.39. The lowest BCUT2D eigenvalue weighted by Gasteiger charge is -2.18. The van der Waals surface area contributed by atoms with E-state index in [1.165, 1.54) is 6.07 Å². The van der Waals surface area contributed by atoms with Gasteiger partial charge in [0.05, 0.1) is 25.6 Å². The molecule has 0 saturated heterocycles. The Bertz CT molecular complexity index is 516. The lowest BCUT2D eigenvalue weighted by Crippen LogP contribution is -2.24. The second-order valence-electron chi connectivity index (χ2n) is 4.45. The number of ether oxygens (including phenoxy) is 1. The number of carboxylic acids is 1. The van der Waals surface area contributed by atoms with Crippen molar-refractivity contribution in [1.82, 2.24) is 0 Å². The maximum atomic E-state index is 13.7. The van der Waals surface area contributed by atoms with Crippen molar-refractivity contribution in [3.05, 3.63) is 35.1 Å². The molecule has 1 aromatic rings. The van der Waals surface area contributed by atoms with Crippen LogP contribution in [0.4, 0.5) is 4.39 Å². The molecule has 0 bridgehead atoms. The van der Waals surface area contributed by atoms with Gasteiger partial charge in [-0.05, 0) is 24.6 Å². The van der Waals surface area contributed by atoms with Crippen molar-refractivity contribution in [2.45, 2.75) is 32.0 Å². The molecule has 6 nitrogen and oxygen atoms in total. The predicted molar refractivity (Wildman–Crippen MR) is 70.0 cm³/mol. The SMILES string of the molecule is CCOC(=O)CC(O)C(O)c1cc(CC(=O)O)ccc1F. The van der Waals surface area contributed by atoms with Crippen LogP contribution >= 0.6 is 0 Å². The minimum atomic E-state index is -1.65. The van der Waals surface area contributed by atoms with Gasteiger partial charge in [-0.25, -0.2) is 4.39 Å². The van der Waals surface area contributed by atoms with Crippen molar-refractivity contribution < 1.29 is 34.0 Å². The Labute approximate surface area is 120 Å². The molecule has 0 aliphatic rings. The summed E-state index contributed by atoms with van der Waals surface area (Å²) in [6.07, 6.45) is -4.02. The molecule has 21 heavy (non-hydrogen) atoms. The van der Waals surface area contributed by atoms with E-state index in [4.69, 9.17) is 5.11 Å². The Morgan fingerprint density at radius 1 is 1.33 bits per heavy atom. The van der Waals surface area contributed by atoms with E-state index in [-0.39, 0.29) is 24.2 Å². The van der Waals surface area contributed by atoms with Gasteiger partial charge in [0.25, 0.3) is 0 Å². The summed E-state index contributed by atoms with van der Waals surface area (Å²) in [7, 11) is 0. The van der Waals surface area contributed by atoms with Crippen LogP contribution < -0.4 is 0 Å². The first-order valence-corrected chi connectivity index (χ1v) is 6.37. The Hall–Kier alpha value is -1.99. The number of aliphatic hydroxyl groups excluding tert-OH is 2. The van der Waals surface area contributed by atoms with Gasteiger partial charge in [0.1, 0.15) is 11.9 Å². The summed E-state index contributed by atoms with van der Waals surface area (Å²) >= 11 is 0. The van der Waals surface area contributed by atoms with E-state index >= 15 is 0 Å². The summed E-state index contributed by atoms with van der Waals surface area (Å²) in [5.41, 5.74) is 0.0202. The van der Waals surface area contributed by atoms with Gasteiger partial charge < -0.3 is 20.1 Å². The van der Waals surface area contributed by atoms with E-state index < -0.39 is 36.4 Å². The number of carbonyl (C=O) groups is 2. The van der Waals surface area contributed by atoms with Crippen LogP contribution in [0.2, 0.25) is 0 Å². The molecule has 0 heterocycles. The molecule has 0 fully saturated rings. The summed E-state index contributed by atoms with van der Waals surface area (Å²) < 4.78 is 18.3. The maximum absolute atomic E-state index is 13.7. The number of aliphatic carboxylic acids is 1. The summed E-state index contributed by atoms with van der Waals surface area (Å²) in [6.45, 7) is 1.72. The van der Waals surface area contributed by atoms with Crippen molar-refractivity contribution >= 4 is 11.9 Å². The lowest BCUT2D eigenvalue weighted by atomic mass is 9.98. The van der Waals surface area contributed by atoms with E-state index in [2.05, 4.69) is 4.74 Å². The first-order chi connectivity index (χ1) is 9.85. The van der Waals surface area contributed by atoms with Crippen LogP contribution in [0.5, 0.6) is 0 Å². The number of benzene rings is 1. The summed E-state index contributed by atoms with van der Waals surface area (Å²) in [5.74, 6) is -2.61. The highest BCUT2D eigenvalue weighted by Crippen LogP contribution is 2.23. The number of esters is 1. The normalized spacial score (nSPS) is 13.5. The zero-order valence-corrected chi connectivity index (χ0v) is 11.5. The molecule has 1 aromatic carbocycles. The average molecular weight is 300 g/mol. The first-order valence-electron chi connectivity index (χ1n) is 6.37. The zero-order valence-electron chi connectivity index (χ0n) is 11.5. The molecule has 116 valence electrons. The summed E-state index contributed by atoms with van der Waals surface area (Å²) in [6, 6.07) is 3.44. The van der Waals surface area contributed by atoms with Gasteiger partial charge >= 0.3 is 11.9 Å². The molecule has 0 aliphatic carbocycles. The smallest absolute Gasteiger partial charge is 0.308 e. The summed E-state index contributed by atoms with van der Waals surface area (Å²) in [4.78, 5) is 21.8. The first kappa shape index (κ1) is 17.1. The van der Waals surface area contributed by atoms with E-state index in [1.807, 2.05) is 0 Å². The standard InChI is InChI=1S/C14H17FO6/c1-2-21-13(19)7-11(16)14(20)9-5-8(6-12(17)18)3-4-10(9)15/h3-5,11,14,16,20H,2,6-7H2,1H3,(H,17,18). The van der Waals surface area contributed by atoms with Crippen LogP contribution in [0.1, 0.15) is 30.6 Å². The van der Waals surface area contributed by atoms with E-state index in [9.17, 15) is 24.2 Å². The number of halogens is 1. The number of carbonyl (C=O) groups excluding carboxylic acids is 1. The monoisotopic (exact) mass is 300 g/mol. The topological polar surface area (TPSA) is 104 Å². The van der Waals surface area contributed by atoms with E-state index in [0.29, 0.717) is 0 Å². The highest BCUT2D eigenvalue weighted by molar-refractivity contribution is 5.70. The number of rotatable bonds is 7. The Kier molecular flexibility index (Phi) is 6.26. The minimum absolute atomic E-state index is 0.129. The number of hydrogen-bond acceptors (Lipinski definition) is 5. The third-order valence-electron chi connectivity index (χ3n) is 2.78. The number of hydrogen-bond donors (Lipinski definition) is 3. The fourth-order valence-electron chi connectivity index (χ4n) is 1.81. The van der Waals surface area contributed by atoms with Gasteiger partial charge in [0.15, 0.2) is 0 Å². The molecule has 0 aliphatic heterocycles. The lowest BCUT2D eigenvalue weighted by molar-refractivity contribution is -0.147. The predicted octanol–water partition coefficient (Wildman–Crippen LogP) is 0.800. The molecule has 0 radical (unpaired) electrons. The number of aliphatic hydroxyl groups is 2. The van der Waals surface area contributed by atoms with Crippen LogP contribution in [0.3, 0.4) is 0 Å². The van der Waals surface area contributed by atoms with Crippen molar-refractivity contribution in [3.63, 3.8) is 0 Å². The van der Waals surface area contributed by atoms with Crippen molar-refractivity contribution in [3.8, 4) is 0 Å². The number of carboxylic acid groups (broad SMARTS) is 1. The van der Waals surface area contributed by atoms with Crippen LogP contribution in [0.25, 0.3) is 0 Å². The van der Waals surface area contributed by atoms with E-state index in [0.717, 1.165) is 12.1 Å². The van der Waals surface area contributed by atoms with Crippen molar-refractivity contribution in [2.75, 3.05) is 6.61 Å². The van der Waals surface area contributed by atoms with Gasteiger partial charge in [-0.2, -0.15) is 0 Å². The van der Waals surface area contributed by atoms with Crippen LogP contribution in [0.15, 0.2) is 18.2 Å². The van der Waals surface area contributed by atoms with Gasteiger partial charge in [0.2, 0.25) is 0 Å². The molecule has 2 unspecified atom stereocenters. The Balaban J connectivity index is 2.87. The van der Waals surface area contributed by atoms with Crippen molar-refractivity contribution in [2.24, 2.45) is 0 Å².